The number of hydrogen-bond donors (Lipinski definition) is 1. The van der Waals surface area contributed by atoms with Crippen LogP contribution in [0.15, 0.2) is 83.8 Å². The normalized spacial score (nSPS) is 12.5. The molecule has 0 atom stereocenters. The summed E-state index contributed by atoms with van der Waals surface area (Å²) in [6, 6.07) is 24.8. The van der Waals surface area contributed by atoms with Crippen molar-refractivity contribution in [2.24, 2.45) is 0 Å². The standard InChI is InChI=1S/C23H20N2O2S/c26-22(25-15-14-17-8-4-6-12-20(17)25)16-28-21-13-7-5-11-19(21)23(27)24-18-9-2-1-3-10-18/h1-13H,14-16H2,(H,24,27). The van der Waals surface area contributed by atoms with Gasteiger partial charge in [0.25, 0.3) is 5.91 Å². The highest BCUT2D eigenvalue weighted by Crippen LogP contribution is 2.30. The molecule has 3 aromatic carbocycles. The topological polar surface area (TPSA) is 49.4 Å². The fourth-order valence-electron chi connectivity index (χ4n) is 3.31. The summed E-state index contributed by atoms with van der Waals surface area (Å²) in [6.07, 6.45) is 0.892. The molecule has 0 saturated heterocycles. The molecule has 0 spiro atoms. The molecule has 2 amide bonds. The average molecular weight is 388 g/mol. The van der Waals surface area contributed by atoms with E-state index in [1.54, 1.807) is 6.07 Å². The summed E-state index contributed by atoms with van der Waals surface area (Å²) in [4.78, 5) is 28.1. The van der Waals surface area contributed by atoms with Gasteiger partial charge in [0.15, 0.2) is 0 Å². The van der Waals surface area contributed by atoms with Crippen LogP contribution in [0, 0.1) is 0 Å². The van der Waals surface area contributed by atoms with Gasteiger partial charge in [0.2, 0.25) is 5.91 Å². The van der Waals surface area contributed by atoms with E-state index >= 15 is 0 Å². The van der Waals surface area contributed by atoms with Crippen LogP contribution < -0.4 is 10.2 Å². The molecule has 3 aromatic rings. The summed E-state index contributed by atoms with van der Waals surface area (Å²) in [5, 5.41) is 2.91. The molecule has 4 nitrogen and oxygen atoms in total. The number of nitrogens with zero attached hydrogens (tertiary/aromatic N) is 1. The first-order valence-electron chi connectivity index (χ1n) is 9.19. The molecule has 140 valence electrons. The molecular weight excluding hydrogens is 368 g/mol. The van der Waals surface area contributed by atoms with Crippen molar-refractivity contribution < 1.29 is 9.59 Å². The molecule has 0 aromatic heterocycles. The molecule has 0 fully saturated rings. The van der Waals surface area contributed by atoms with Gasteiger partial charge in [-0.1, -0.05) is 48.5 Å². The first-order valence-corrected chi connectivity index (χ1v) is 10.2. The van der Waals surface area contributed by atoms with Gasteiger partial charge in [0, 0.05) is 22.8 Å². The third kappa shape index (κ3) is 3.94. The molecule has 1 heterocycles. The van der Waals surface area contributed by atoms with E-state index < -0.39 is 0 Å². The average Bonchev–Trinajstić information content (AvgIpc) is 3.17. The van der Waals surface area contributed by atoms with Gasteiger partial charge in [0.1, 0.15) is 0 Å². The van der Waals surface area contributed by atoms with Crippen LogP contribution in [0.25, 0.3) is 0 Å². The lowest BCUT2D eigenvalue weighted by atomic mass is 10.2. The quantitative estimate of drug-likeness (QED) is 0.649. The van der Waals surface area contributed by atoms with Crippen LogP contribution in [0.3, 0.4) is 0 Å². The van der Waals surface area contributed by atoms with Crippen LogP contribution in [-0.2, 0) is 11.2 Å². The number of rotatable bonds is 5. The Morgan fingerprint density at radius 1 is 0.893 bits per heavy atom. The molecule has 0 radical (unpaired) electrons. The van der Waals surface area contributed by atoms with Crippen molar-refractivity contribution in [1.29, 1.82) is 0 Å². The van der Waals surface area contributed by atoms with E-state index in [2.05, 4.69) is 11.4 Å². The molecule has 1 aliphatic rings. The summed E-state index contributed by atoms with van der Waals surface area (Å²) in [7, 11) is 0. The lowest BCUT2D eigenvalue weighted by molar-refractivity contribution is -0.116. The van der Waals surface area contributed by atoms with E-state index in [0.29, 0.717) is 11.3 Å². The van der Waals surface area contributed by atoms with Gasteiger partial charge in [-0.15, -0.1) is 11.8 Å². The van der Waals surface area contributed by atoms with E-state index in [1.165, 1.54) is 17.3 Å². The van der Waals surface area contributed by atoms with E-state index in [1.807, 2.05) is 71.6 Å². The van der Waals surface area contributed by atoms with E-state index in [9.17, 15) is 9.59 Å². The van der Waals surface area contributed by atoms with Crippen LogP contribution in [0.2, 0.25) is 0 Å². The van der Waals surface area contributed by atoms with Crippen molar-refractivity contribution >= 4 is 35.0 Å². The molecule has 0 aliphatic carbocycles. The third-order valence-corrected chi connectivity index (χ3v) is 5.76. The maximum atomic E-state index is 12.8. The smallest absolute Gasteiger partial charge is 0.256 e. The molecule has 0 saturated carbocycles. The van der Waals surface area contributed by atoms with E-state index in [4.69, 9.17) is 0 Å². The lowest BCUT2D eigenvalue weighted by Crippen LogP contribution is -2.30. The van der Waals surface area contributed by atoms with Crippen molar-refractivity contribution in [2.45, 2.75) is 11.3 Å². The monoisotopic (exact) mass is 388 g/mol. The van der Waals surface area contributed by atoms with E-state index in [-0.39, 0.29) is 11.8 Å². The zero-order chi connectivity index (χ0) is 19.3. The minimum Gasteiger partial charge on any atom is -0.322 e. The number of hydrogen-bond acceptors (Lipinski definition) is 3. The Morgan fingerprint density at radius 2 is 1.61 bits per heavy atom. The first kappa shape index (κ1) is 18.3. The van der Waals surface area contributed by atoms with Crippen molar-refractivity contribution in [1.82, 2.24) is 0 Å². The Hall–Kier alpha value is -3.05. The predicted molar refractivity (Wildman–Crippen MR) is 114 cm³/mol. The number of amides is 2. The molecule has 28 heavy (non-hydrogen) atoms. The van der Waals surface area contributed by atoms with Gasteiger partial charge >= 0.3 is 0 Å². The Labute approximate surface area is 168 Å². The summed E-state index contributed by atoms with van der Waals surface area (Å²) in [6.45, 7) is 0.717. The molecule has 1 aliphatic heterocycles. The maximum absolute atomic E-state index is 12.8. The minimum atomic E-state index is -0.173. The van der Waals surface area contributed by atoms with E-state index in [0.717, 1.165) is 29.2 Å². The van der Waals surface area contributed by atoms with Gasteiger partial charge in [-0.25, -0.2) is 0 Å². The van der Waals surface area contributed by atoms with Gasteiger partial charge < -0.3 is 10.2 Å². The van der Waals surface area contributed by atoms with Gasteiger partial charge in [-0.05, 0) is 42.3 Å². The Balaban J connectivity index is 1.44. The zero-order valence-corrected chi connectivity index (χ0v) is 16.1. The Kier molecular flexibility index (Phi) is 5.44. The number of carbonyl (C=O) groups excluding carboxylic acids is 2. The second-order valence-electron chi connectivity index (χ2n) is 6.53. The molecular formula is C23H20N2O2S. The summed E-state index contributed by atoms with van der Waals surface area (Å²) >= 11 is 1.40. The number of nitrogens with one attached hydrogen (secondary N) is 1. The highest BCUT2D eigenvalue weighted by Gasteiger charge is 2.24. The Morgan fingerprint density at radius 3 is 2.46 bits per heavy atom. The van der Waals surface area contributed by atoms with Crippen LogP contribution in [0.5, 0.6) is 0 Å². The third-order valence-electron chi connectivity index (χ3n) is 4.70. The lowest BCUT2D eigenvalue weighted by Gasteiger charge is -2.17. The predicted octanol–water partition coefficient (Wildman–Crippen LogP) is 4.62. The van der Waals surface area contributed by atoms with Crippen LogP contribution in [0.4, 0.5) is 11.4 Å². The summed E-state index contributed by atoms with van der Waals surface area (Å²) in [5.74, 6) is 0.186. The molecule has 4 rings (SSSR count). The van der Waals surface area contributed by atoms with Crippen molar-refractivity contribution in [3.63, 3.8) is 0 Å². The molecule has 5 heteroatoms. The number of fused-ring (bicyclic) bond motifs is 1. The fraction of sp³-hybridized carbons (Fsp3) is 0.130. The summed E-state index contributed by atoms with van der Waals surface area (Å²) < 4.78 is 0. The van der Waals surface area contributed by atoms with Gasteiger partial charge in [-0.3, -0.25) is 9.59 Å². The Bertz CT molecular complexity index is 1000. The maximum Gasteiger partial charge on any atom is 0.256 e. The van der Waals surface area contributed by atoms with Crippen molar-refractivity contribution in [3.05, 3.63) is 90.0 Å². The zero-order valence-electron chi connectivity index (χ0n) is 15.3. The number of anilines is 2. The SMILES string of the molecule is O=C(Nc1ccccc1)c1ccccc1SCC(=O)N1CCc2ccccc21. The number of para-hydroxylation sites is 2. The highest BCUT2D eigenvalue weighted by atomic mass is 32.2. The number of thioether (sulfide) groups is 1. The molecule has 1 N–H and O–H groups in total. The number of benzene rings is 3. The summed E-state index contributed by atoms with van der Waals surface area (Å²) in [5.41, 5.74) is 3.54. The second kappa shape index (κ2) is 8.31. The fourth-order valence-corrected chi connectivity index (χ4v) is 4.24. The van der Waals surface area contributed by atoms with Crippen molar-refractivity contribution in [2.75, 3.05) is 22.5 Å². The van der Waals surface area contributed by atoms with Crippen molar-refractivity contribution in [3.8, 4) is 0 Å². The van der Waals surface area contributed by atoms with Gasteiger partial charge in [-0.2, -0.15) is 0 Å². The first-order chi connectivity index (χ1) is 13.7. The van der Waals surface area contributed by atoms with Crippen LogP contribution >= 0.6 is 11.8 Å². The largest absolute Gasteiger partial charge is 0.322 e. The van der Waals surface area contributed by atoms with Gasteiger partial charge in [0.05, 0.1) is 11.3 Å². The van der Waals surface area contributed by atoms with Crippen LogP contribution in [0.1, 0.15) is 15.9 Å². The molecule has 0 unspecified atom stereocenters. The minimum absolute atomic E-state index is 0.0632. The number of carbonyl (C=O) groups is 2. The second-order valence-corrected chi connectivity index (χ2v) is 7.55. The van der Waals surface area contributed by atoms with Crippen LogP contribution in [-0.4, -0.2) is 24.1 Å². The highest BCUT2D eigenvalue weighted by molar-refractivity contribution is 8.00. The molecule has 0 bridgehead atoms.